The van der Waals surface area contributed by atoms with Crippen molar-refractivity contribution in [1.29, 1.82) is 0 Å². The molecule has 0 atom stereocenters. The zero-order valence-electron chi connectivity index (χ0n) is 10.4. The molecule has 0 amide bonds. The maximum Gasteiger partial charge on any atom is 0.141 e. The van der Waals surface area contributed by atoms with Crippen LogP contribution < -0.4 is 4.74 Å². The molecule has 0 heterocycles. The van der Waals surface area contributed by atoms with Crippen LogP contribution in [0.15, 0.2) is 40.9 Å². The molecule has 0 aliphatic carbocycles. The minimum atomic E-state index is 0.0300. The summed E-state index contributed by atoms with van der Waals surface area (Å²) in [6.45, 7) is 4.08. The molecular formula is C15H15BrO2. The van der Waals surface area contributed by atoms with Crippen LogP contribution in [-0.2, 0) is 6.61 Å². The summed E-state index contributed by atoms with van der Waals surface area (Å²) in [5, 5.41) is 9.07. The van der Waals surface area contributed by atoms with E-state index in [1.807, 2.05) is 50.2 Å². The van der Waals surface area contributed by atoms with Crippen molar-refractivity contribution in [3.05, 3.63) is 57.6 Å². The predicted molar refractivity (Wildman–Crippen MR) is 76.1 cm³/mol. The highest BCUT2D eigenvalue weighted by molar-refractivity contribution is 9.10. The van der Waals surface area contributed by atoms with Crippen LogP contribution in [-0.4, -0.2) is 5.11 Å². The maximum absolute atomic E-state index is 9.07. The summed E-state index contributed by atoms with van der Waals surface area (Å²) < 4.78 is 6.79. The quantitative estimate of drug-likeness (QED) is 0.913. The lowest BCUT2D eigenvalue weighted by Gasteiger charge is -2.13. The van der Waals surface area contributed by atoms with Gasteiger partial charge in [0.25, 0.3) is 0 Å². The van der Waals surface area contributed by atoms with E-state index in [2.05, 4.69) is 15.9 Å². The van der Waals surface area contributed by atoms with Crippen LogP contribution in [0.4, 0.5) is 0 Å². The third-order valence-corrected chi connectivity index (χ3v) is 3.42. The number of para-hydroxylation sites is 1. The molecule has 0 fully saturated rings. The number of hydrogen-bond acceptors (Lipinski definition) is 2. The molecule has 0 aliphatic rings. The summed E-state index contributed by atoms with van der Waals surface area (Å²) in [6, 6.07) is 11.6. The third-order valence-electron chi connectivity index (χ3n) is 2.80. The average Bonchev–Trinajstić information content (AvgIpc) is 2.35. The van der Waals surface area contributed by atoms with Crippen LogP contribution in [0.2, 0.25) is 0 Å². The van der Waals surface area contributed by atoms with Crippen molar-refractivity contribution in [3.63, 3.8) is 0 Å². The number of aliphatic hydroxyl groups excluding tert-OH is 1. The van der Waals surface area contributed by atoms with Crippen molar-refractivity contribution in [2.75, 3.05) is 0 Å². The van der Waals surface area contributed by atoms with E-state index in [4.69, 9.17) is 9.84 Å². The van der Waals surface area contributed by atoms with Gasteiger partial charge in [0.2, 0.25) is 0 Å². The van der Waals surface area contributed by atoms with Gasteiger partial charge in [0.15, 0.2) is 0 Å². The Hall–Kier alpha value is -1.32. The Morgan fingerprint density at radius 2 is 1.78 bits per heavy atom. The van der Waals surface area contributed by atoms with Crippen LogP contribution >= 0.6 is 15.9 Å². The van der Waals surface area contributed by atoms with Gasteiger partial charge in [-0.05, 0) is 58.6 Å². The summed E-state index contributed by atoms with van der Waals surface area (Å²) in [5.41, 5.74) is 3.07. The second-order valence-electron chi connectivity index (χ2n) is 4.25. The number of aryl methyl sites for hydroxylation is 2. The van der Waals surface area contributed by atoms with Crippen LogP contribution in [0, 0.1) is 13.8 Å². The molecule has 0 bridgehead atoms. The molecule has 2 rings (SSSR count). The van der Waals surface area contributed by atoms with Crippen molar-refractivity contribution >= 4 is 15.9 Å². The van der Waals surface area contributed by atoms with E-state index in [0.717, 1.165) is 32.7 Å². The lowest BCUT2D eigenvalue weighted by atomic mass is 10.1. The van der Waals surface area contributed by atoms with Gasteiger partial charge in [-0.15, -0.1) is 0 Å². The van der Waals surface area contributed by atoms with Crippen molar-refractivity contribution < 1.29 is 9.84 Å². The van der Waals surface area contributed by atoms with Crippen molar-refractivity contribution in [3.8, 4) is 11.5 Å². The molecule has 2 nitrogen and oxygen atoms in total. The highest BCUT2D eigenvalue weighted by Crippen LogP contribution is 2.33. The molecule has 1 N–H and O–H groups in total. The van der Waals surface area contributed by atoms with Gasteiger partial charge in [0, 0.05) is 0 Å². The number of aliphatic hydroxyl groups is 1. The lowest BCUT2D eigenvalue weighted by molar-refractivity contribution is 0.281. The van der Waals surface area contributed by atoms with E-state index in [9.17, 15) is 0 Å². The summed E-state index contributed by atoms with van der Waals surface area (Å²) >= 11 is 3.46. The first-order valence-corrected chi connectivity index (χ1v) is 6.54. The maximum atomic E-state index is 9.07. The largest absolute Gasteiger partial charge is 0.456 e. The second kappa shape index (κ2) is 5.55. The topological polar surface area (TPSA) is 29.5 Å². The summed E-state index contributed by atoms with van der Waals surface area (Å²) in [5.74, 6) is 1.64. The Balaban J connectivity index is 2.34. The Bertz CT molecular complexity index is 544. The van der Waals surface area contributed by atoms with E-state index in [0.29, 0.717) is 0 Å². The molecule has 0 saturated carbocycles. The van der Waals surface area contributed by atoms with E-state index >= 15 is 0 Å². The molecule has 0 radical (unpaired) electrons. The molecule has 0 unspecified atom stereocenters. The Morgan fingerprint density at radius 3 is 2.33 bits per heavy atom. The molecular weight excluding hydrogens is 292 g/mol. The average molecular weight is 307 g/mol. The number of rotatable bonds is 3. The smallest absolute Gasteiger partial charge is 0.141 e. The van der Waals surface area contributed by atoms with Crippen LogP contribution in [0.5, 0.6) is 11.5 Å². The first-order chi connectivity index (χ1) is 8.61. The monoisotopic (exact) mass is 306 g/mol. The molecule has 94 valence electrons. The van der Waals surface area contributed by atoms with Crippen molar-refractivity contribution in [1.82, 2.24) is 0 Å². The third kappa shape index (κ3) is 2.74. The molecule has 0 spiro atoms. The number of halogens is 1. The molecule has 3 heteroatoms. The van der Waals surface area contributed by atoms with Crippen LogP contribution in [0.25, 0.3) is 0 Å². The van der Waals surface area contributed by atoms with Crippen LogP contribution in [0.3, 0.4) is 0 Å². The Morgan fingerprint density at radius 1 is 1.11 bits per heavy atom. The Kier molecular flexibility index (Phi) is 4.04. The molecule has 2 aromatic rings. The lowest BCUT2D eigenvalue weighted by Crippen LogP contribution is -1.92. The zero-order chi connectivity index (χ0) is 13.1. The zero-order valence-corrected chi connectivity index (χ0v) is 12.0. The molecule has 0 aliphatic heterocycles. The first-order valence-electron chi connectivity index (χ1n) is 5.75. The van der Waals surface area contributed by atoms with Gasteiger partial charge in [0.1, 0.15) is 11.5 Å². The number of hydrogen-bond donors (Lipinski definition) is 1. The van der Waals surface area contributed by atoms with Gasteiger partial charge in [-0.3, -0.25) is 0 Å². The highest BCUT2D eigenvalue weighted by Gasteiger charge is 2.08. The minimum absolute atomic E-state index is 0.0300. The van der Waals surface area contributed by atoms with Gasteiger partial charge >= 0.3 is 0 Å². The molecule has 2 aromatic carbocycles. The Labute approximate surface area is 115 Å². The standard InChI is InChI=1S/C15H15BrO2/c1-10-4-3-5-11(2)15(10)18-14-7-6-12(9-17)8-13(14)16/h3-8,17H,9H2,1-2H3. The summed E-state index contributed by atoms with van der Waals surface area (Å²) in [7, 11) is 0. The molecule has 0 saturated heterocycles. The highest BCUT2D eigenvalue weighted by atomic mass is 79.9. The fourth-order valence-corrected chi connectivity index (χ4v) is 2.30. The van der Waals surface area contributed by atoms with E-state index in [-0.39, 0.29) is 6.61 Å². The molecule has 18 heavy (non-hydrogen) atoms. The van der Waals surface area contributed by atoms with Gasteiger partial charge in [-0.25, -0.2) is 0 Å². The van der Waals surface area contributed by atoms with Crippen molar-refractivity contribution in [2.45, 2.75) is 20.5 Å². The van der Waals surface area contributed by atoms with E-state index in [1.165, 1.54) is 0 Å². The van der Waals surface area contributed by atoms with E-state index < -0.39 is 0 Å². The normalized spacial score (nSPS) is 10.4. The van der Waals surface area contributed by atoms with Crippen molar-refractivity contribution in [2.24, 2.45) is 0 Å². The SMILES string of the molecule is Cc1cccc(C)c1Oc1ccc(CO)cc1Br. The fraction of sp³-hybridized carbons (Fsp3) is 0.200. The van der Waals surface area contributed by atoms with Gasteiger partial charge < -0.3 is 9.84 Å². The van der Waals surface area contributed by atoms with Gasteiger partial charge in [-0.1, -0.05) is 24.3 Å². The van der Waals surface area contributed by atoms with Gasteiger partial charge in [-0.2, -0.15) is 0 Å². The second-order valence-corrected chi connectivity index (χ2v) is 5.10. The fourth-order valence-electron chi connectivity index (χ4n) is 1.80. The summed E-state index contributed by atoms with van der Waals surface area (Å²) in [6.07, 6.45) is 0. The van der Waals surface area contributed by atoms with Gasteiger partial charge in [0.05, 0.1) is 11.1 Å². The summed E-state index contributed by atoms with van der Waals surface area (Å²) in [4.78, 5) is 0. The molecule has 0 aromatic heterocycles. The number of ether oxygens (including phenoxy) is 1. The predicted octanol–water partition coefficient (Wildman–Crippen LogP) is 4.35. The van der Waals surface area contributed by atoms with Crippen LogP contribution in [0.1, 0.15) is 16.7 Å². The first kappa shape index (κ1) is 13.1. The number of benzene rings is 2. The van der Waals surface area contributed by atoms with E-state index in [1.54, 1.807) is 0 Å². The minimum Gasteiger partial charge on any atom is -0.456 e.